The molecule has 1 heterocycles. The molecule has 0 saturated carbocycles. The number of rotatable bonds is 7. The van der Waals surface area contributed by atoms with Crippen LogP contribution >= 0.6 is 11.3 Å². The monoisotopic (exact) mass is 312 g/mol. The zero-order chi connectivity index (χ0) is 16.0. The fraction of sp³-hybridized carbons (Fsp3) is 0.500. The van der Waals surface area contributed by atoms with Crippen LogP contribution in [0.1, 0.15) is 23.6 Å². The molecule has 1 aromatic heterocycles. The van der Waals surface area contributed by atoms with E-state index in [2.05, 4.69) is 5.32 Å². The van der Waals surface area contributed by atoms with Crippen molar-refractivity contribution in [1.29, 1.82) is 0 Å². The van der Waals surface area contributed by atoms with Gasteiger partial charge < -0.3 is 15.3 Å². The topological polar surface area (TPSA) is 86.7 Å². The molecule has 0 bridgehead atoms. The molecule has 1 rings (SSSR count). The van der Waals surface area contributed by atoms with Gasteiger partial charge in [-0.1, -0.05) is 0 Å². The van der Waals surface area contributed by atoms with Gasteiger partial charge in [-0.25, -0.2) is 4.79 Å². The quantitative estimate of drug-likeness (QED) is 0.787. The number of carbonyl (C=O) groups excluding carboxylic acids is 2. The second kappa shape index (κ2) is 7.78. The first kappa shape index (κ1) is 17.2. The Kier molecular flexibility index (Phi) is 6.36. The zero-order valence-electron chi connectivity index (χ0n) is 12.4. The van der Waals surface area contributed by atoms with Crippen molar-refractivity contribution in [3.8, 4) is 0 Å². The van der Waals surface area contributed by atoms with E-state index in [1.54, 1.807) is 0 Å². The summed E-state index contributed by atoms with van der Waals surface area (Å²) in [6.45, 7) is 5.21. The van der Waals surface area contributed by atoms with Gasteiger partial charge in [0.2, 0.25) is 11.8 Å². The van der Waals surface area contributed by atoms with Gasteiger partial charge in [0.25, 0.3) is 0 Å². The minimum Gasteiger partial charge on any atom is -0.480 e. The molecule has 0 radical (unpaired) electrons. The largest absolute Gasteiger partial charge is 0.480 e. The lowest BCUT2D eigenvalue weighted by Gasteiger charge is -2.26. The molecule has 0 spiro atoms. The molecule has 0 aliphatic heterocycles. The van der Waals surface area contributed by atoms with Crippen molar-refractivity contribution in [2.45, 2.75) is 33.2 Å². The second-order valence-corrected chi connectivity index (χ2v) is 6.15. The van der Waals surface area contributed by atoms with Gasteiger partial charge in [0.05, 0.1) is 6.42 Å². The van der Waals surface area contributed by atoms with Crippen molar-refractivity contribution in [2.75, 3.05) is 13.1 Å². The van der Waals surface area contributed by atoms with Crippen LogP contribution in [0.25, 0.3) is 0 Å². The minimum atomic E-state index is -1.06. The Morgan fingerprint density at radius 1 is 1.38 bits per heavy atom. The van der Waals surface area contributed by atoms with Crippen LogP contribution < -0.4 is 5.32 Å². The van der Waals surface area contributed by atoms with Crippen LogP contribution in [-0.4, -0.2) is 46.9 Å². The van der Waals surface area contributed by atoms with Crippen LogP contribution in [0.4, 0.5) is 0 Å². The number of carboxylic acids is 1. The number of hydrogen-bond donors (Lipinski definition) is 2. The first-order valence-electron chi connectivity index (χ1n) is 6.63. The molecular weight excluding hydrogens is 292 g/mol. The molecule has 2 amide bonds. The number of nitrogens with zero attached hydrogens (tertiary/aromatic N) is 1. The first-order valence-corrected chi connectivity index (χ1v) is 7.45. The highest BCUT2D eigenvalue weighted by Gasteiger charge is 2.25. The minimum absolute atomic E-state index is 0.177. The van der Waals surface area contributed by atoms with Crippen LogP contribution in [0, 0.1) is 6.92 Å². The lowest BCUT2D eigenvalue weighted by atomic mass is 10.2. The summed E-state index contributed by atoms with van der Waals surface area (Å²) in [5.74, 6) is -1.52. The van der Waals surface area contributed by atoms with Crippen molar-refractivity contribution >= 4 is 29.1 Å². The van der Waals surface area contributed by atoms with Crippen molar-refractivity contribution in [3.63, 3.8) is 0 Å². The Hall–Kier alpha value is -1.89. The third-order valence-corrected chi connectivity index (χ3v) is 3.99. The second-order valence-electron chi connectivity index (χ2n) is 4.77. The van der Waals surface area contributed by atoms with Gasteiger partial charge in [0, 0.05) is 29.8 Å². The van der Waals surface area contributed by atoms with Crippen LogP contribution in [0.3, 0.4) is 0 Å². The molecule has 116 valence electrons. The van der Waals surface area contributed by atoms with E-state index in [4.69, 9.17) is 5.11 Å². The molecule has 6 nitrogen and oxygen atoms in total. The number of carbonyl (C=O) groups is 3. The van der Waals surface area contributed by atoms with E-state index in [9.17, 15) is 14.4 Å². The molecule has 1 unspecified atom stereocenters. The average molecular weight is 312 g/mol. The van der Waals surface area contributed by atoms with E-state index in [0.29, 0.717) is 0 Å². The van der Waals surface area contributed by atoms with E-state index in [0.717, 1.165) is 9.75 Å². The summed E-state index contributed by atoms with van der Waals surface area (Å²) in [4.78, 5) is 37.6. The van der Waals surface area contributed by atoms with E-state index < -0.39 is 12.0 Å². The summed E-state index contributed by atoms with van der Waals surface area (Å²) in [6.07, 6.45) is 0.177. The highest BCUT2D eigenvalue weighted by Crippen LogP contribution is 2.17. The number of thiophene rings is 1. The summed E-state index contributed by atoms with van der Waals surface area (Å²) in [5.41, 5.74) is 0. The van der Waals surface area contributed by atoms with Gasteiger partial charge in [-0.3, -0.25) is 9.59 Å². The lowest BCUT2D eigenvalue weighted by molar-refractivity contribution is -0.149. The third-order valence-electron chi connectivity index (χ3n) is 2.99. The molecule has 0 fully saturated rings. The molecule has 0 saturated heterocycles. The van der Waals surface area contributed by atoms with Crippen molar-refractivity contribution < 1.29 is 19.5 Å². The van der Waals surface area contributed by atoms with Crippen LogP contribution in [0.15, 0.2) is 12.1 Å². The van der Waals surface area contributed by atoms with E-state index in [1.165, 1.54) is 30.1 Å². The summed E-state index contributed by atoms with van der Waals surface area (Å²) in [7, 11) is 0. The lowest BCUT2D eigenvalue weighted by Crippen LogP contribution is -2.47. The molecule has 7 heteroatoms. The maximum absolute atomic E-state index is 12.3. The number of amides is 2. The van der Waals surface area contributed by atoms with Gasteiger partial charge in [0.15, 0.2) is 0 Å². The molecule has 1 aromatic rings. The SMILES string of the molecule is CC(=O)NCCN(C(=O)Cc1ccc(C)s1)C(C)C(=O)O. The Balaban J connectivity index is 2.71. The van der Waals surface area contributed by atoms with Crippen LogP contribution in [0.2, 0.25) is 0 Å². The third kappa shape index (κ3) is 5.55. The smallest absolute Gasteiger partial charge is 0.326 e. The van der Waals surface area contributed by atoms with Gasteiger partial charge in [-0.15, -0.1) is 11.3 Å². The van der Waals surface area contributed by atoms with Gasteiger partial charge in [-0.2, -0.15) is 0 Å². The van der Waals surface area contributed by atoms with Crippen molar-refractivity contribution in [2.24, 2.45) is 0 Å². The summed E-state index contributed by atoms with van der Waals surface area (Å²) < 4.78 is 0. The van der Waals surface area contributed by atoms with Gasteiger partial charge in [-0.05, 0) is 26.0 Å². The molecule has 0 aromatic carbocycles. The zero-order valence-corrected chi connectivity index (χ0v) is 13.2. The van der Waals surface area contributed by atoms with Crippen molar-refractivity contribution in [3.05, 3.63) is 21.9 Å². The Morgan fingerprint density at radius 3 is 2.52 bits per heavy atom. The maximum atomic E-state index is 12.3. The fourth-order valence-corrected chi connectivity index (χ4v) is 2.73. The van der Waals surface area contributed by atoms with Crippen LogP contribution in [-0.2, 0) is 20.8 Å². The highest BCUT2D eigenvalue weighted by molar-refractivity contribution is 7.12. The number of aliphatic carboxylic acids is 1. The Labute approximate surface area is 127 Å². The predicted molar refractivity (Wildman–Crippen MR) is 80.3 cm³/mol. The number of hydrogen-bond acceptors (Lipinski definition) is 4. The van der Waals surface area contributed by atoms with Crippen molar-refractivity contribution in [1.82, 2.24) is 10.2 Å². The summed E-state index contributed by atoms with van der Waals surface area (Å²) >= 11 is 1.52. The molecule has 0 aliphatic carbocycles. The number of aryl methyl sites for hydroxylation is 1. The first-order chi connectivity index (χ1) is 9.81. The Morgan fingerprint density at radius 2 is 2.05 bits per heavy atom. The van der Waals surface area contributed by atoms with Gasteiger partial charge in [0.1, 0.15) is 6.04 Å². The number of nitrogens with one attached hydrogen (secondary N) is 1. The van der Waals surface area contributed by atoms with E-state index >= 15 is 0 Å². The standard InChI is InChI=1S/C14H20N2O4S/c1-9-4-5-12(21-9)8-13(18)16(10(2)14(19)20)7-6-15-11(3)17/h4-5,10H,6-8H2,1-3H3,(H,15,17)(H,19,20). The highest BCUT2D eigenvalue weighted by atomic mass is 32.1. The molecule has 21 heavy (non-hydrogen) atoms. The van der Waals surface area contributed by atoms with E-state index in [-0.39, 0.29) is 31.3 Å². The summed E-state index contributed by atoms with van der Waals surface area (Å²) in [5, 5.41) is 11.7. The average Bonchev–Trinajstić information content (AvgIpc) is 2.78. The maximum Gasteiger partial charge on any atom is 0.326 e. The van der Waals surface area contributed by atoms with Gasteiger partial charge >= 0.3 is 5.97 Å². The van der Waals surface area contributed by atoms with E-state index in [1.807, 2.05) is 19.1 Å². The molecule has 1 atom stereocenters. The molecule has 0 aliphatic rings. The molecular formula is C14H20N2O4S. The molecule has 2 N–H and O–H groups in total. The predicted octanol–water partition coefficient (Wildman–Crippen LogP) is 1.04. The fourth-order valence-electron chi connectivity index (χ4n) is 1.85. The van der Waals surface area contributed by atoms with Crippen LogP contribution in [0.5, 0.6) is 0 Å². The normalized spacial score (nSPS) is 11.8. The Bertz CT molecular complexity index is 527. The number of carboxylic acid groups (broad SMARTS) is 1. The summed E-state index contributed by atoms with van der Waals surface area (Å²) in [6, 6.07) is 2.87.